The van der Waals surface area contributed by atoms with Gasteiger partial charge in [-0.15, -0.1) is 0 Å². The molecule has 3 nitrogen and oxygen atoms in total. The highest BCUT2D eigenvalue weighted by Crippen LogP contribution is 2.26. The summed E-state index contributed by atoms with van der Waals surface area (Å²) < 4.78 is 0. The summed E-state index contributed by atoms with van der Waals surface area (Å²) in [5.74, 6) is 0.937. The van der Waals surface area contributed by atoms with E-state index in [1.807, 2.05) is 6.20 Å². The minimum absolute atomic E-state index is 0.937. The summed E-state index contributed by atoms with van der Waals surface area (Å²) >= 11 is 0. The van der Waals surface area contributed by atoms with Crippen LogP contribution in [0.5, 0.6) is 0 Å². The molecule has 3 rings (SSSR count). The molecule has 1 fully saturated rings. The predicted molar refractivity (Wildman–Crippen MR) is 67.6 cm³/mol. The predicted octanol–water partition coefficient (Wildman–Crippen LogP) is 2.42. The fourth-order valence-corrected chi connectivity index (χ4v) is 3.20. The van der Waals surface area contributed by atoms with Gasteiger partial charge in [-0.2, -0.15) is 0 Å². The van der Waals surface area contributed by atoms with Gasteiger partial charge in [-0.05, 0) is 30.7 Å². The van der Waals surface area contributed by atoms with E-state index < -0.39 is 0 Å². The zero-order valence-electron chi connectivity index (χ0n) is 10.4. The van der Waals surface area contributed by atoms with E-state index >= 15 is 0 Å². The van der Waals surface area contributed by atoms with Crippen molar-refractivity contribution in [3.63, 3.8) is 0 Å². The summed E-state index contributed by atoms with van der Waals surface area (Å²) in [6.45, 7) is 3.51. The molecule has 1 aromatic rings. The van der Waals surface area contributed by atoms with Gasteiger partial charge in [-0.25, -0.2) is 9.97 Å². The second kappa shape index (κ2) is 5.13. The smallest absolute Gasteiger partial charge is 0.115 e. The first-order chi connectivity index (χ1) is 8.42. The summed E-state index contributed by atoms with van der Waals surface area (Å²) in [7, 11) is 0. The lowest BCUT2D eigenvalue weighted by Gasteiger charge is -2.32. The third-order valence-electron chi connectivity index (χ3n) is 4.19. The van der Waals surface area contributed by atoms with E-state index in [9.17, 15) is 0 Å². The van der Waals surface area contributed by atoms with Crippen LogP contribution in [-0.4, -0.2) is 28.0 Å². The Hall–Kier alpha value is -0.960. The Morgan fingerprint density at radius 3 is 3.00 bits per heavy atom. The van der Waals surface area contributed by atoms with E-state index in [1.54, 1.807) is 6.33 Å². The molecule has 2 heterocycles. The Morgan fingerprint density at radius 1 is 1.24 bits per heavy atom. The number of rotatable bonds is 2. The molecule has 0 radical (unpaired) electrons. The maximum atomic E-state index is 4.41. The normalized spacial score (nSPS) is 22.4. The van der Waals surface area contributed by atoms with Crippen LogP contribution in [0, 0.1) is 5.92 Å². The van der Waals surface area contributed by atoms with E-state index in [4.69, 9.17) is 0 Å². The Bertz CT molecular complexity index is 371. The lowest BCUT2D eigenvalue weighted by atomic mass is 9.88. The Labute approximate surface area is 103 Å². The van der Waals surface area contributed by atoms with Crippen LogP contribution < -0.4 is 0 Å². The minimum Gasteiger partial charge on any atom is -0.297 e. The molecule has 0 bridgehead atoms. The Kier molecular flexibility index (Phi) is 3.36. The molecule has 1 aliphatic heterocycles. The zero-order valence-corrected chi connectivity index (χ0v) is 10.4. The molecule has 0 unspecified atom stereocenters. The molecule has 0 atom stereocenters. The third-order valence-corrected chi connectivity index (χ3v) is 4.19. The lowest BCUT2D eigenvalue weighted by molar-refractivity contribution is 0.184. The van der Waals surface area contributed by atoms with Crippen LogP contribution in [0.3, 0.4) is 0 Å². The molecule has 0 amide bonds. The van der Waals surface area contributed by atoms with Gasteiger partial charge in [0.2, 0.25) is 0 Å². The molecule has 0 saturated heterocycles. The van der Waals surface area contributed by atoms with Gasteiger partial charge in [0.05, 0.1) is 5.69 Å². The maximum absolute atomic E-state index is 4.41. The van der Waals surface area contributed by atoms with Crippen molar-refractivity contribution in [2.24, 2.45) is 5.92 Å². The summed E-state index contributed by atoms with van der Waals surface area (Å²) in [6.07, 6.45) is 12.0. The minimum atomic E-state index is 0.937. The molecular weight excluding hydrogens is 210 g/mol. The summed E-state index contributed by atoms with van der Waals surface area (Å²) in [5.41, 5.74) is 2.61. The highest BCUT2D eigenvalue weighted by Gasteiger charge is 2.21. The number of aromatic nitrogens is 2. The van der Waals surface area contributed by atoms with Crippen molar-refractivity contribution in [2.75, 3.05) is 13.1 Å². The Balaban J connectivity index is 1.60. The van der Waals surface area contributed by atoms with Crippen molar-refractivity contribution in [2.45, 2.75) is 45.1 Å². The van der Waals surface area contributed by atoms with Gasteiger partial charge in [0.1, 0.15) is 6.33 Å². The van der Waals surface area contributed by atoms with Gasteiger partial charge in [0.15, 0.2) is 0 Å². The van der Waals surface area contributed by atoms with Crippen molar-refractivity contribution >= 4 is 0 Å². The highest BCUT2D eigenvalue weighted by molar-refractivity contribution is 5.18. The van der Waals surface area contributed by atoms with Crippen LogP contribution in [0.1, 0.15) is 43.4 Å². The largest absolute Gasteiger partial charge is 0.297 e. The molecule has 0 spiro atoms. The van der Waals surface area contributed by atoms with Crippen molar-refractivity contribution in [1.29, 1.82) is 0 Å². The van der Waals surface area contributed by atoms with Crippen molar-refractivity contribution in [1.82, 2.24) is 14.9 Å². The average Bonchev–Trinajstić information content (AvgIpc) is 2.40. The molecule has 0 aromatic carbocycles. The number of fused-ring (bicyclic) bond motifs is 1. The number of hydrogen-bond acceptors (Lipinski definition) is 3. The van der Waals surface area contributed by atoms with Crippen LogP contribution >= 0.6 is 0 Å². The standard InChI is InChI=1S/C14H21N3/c1-2-4-12(5-3-1)9-17-7-6-13-8-15-11-16-14(13)10-17/h8,11-12H,1-7,9-10H2. The summed E-state index contributed by atoms with van der Waals surface area (Å²) in [6, 6.07) is 0. The first kappa shape index (κ1) is 11.1. The molecule has 17 heavy (non-hydrogen) atoms. The van der Waals surface area contributed by atoms with Crippen molar-refractivity contribution in [3.8, 4) is 0 Å². The lowest BCUT2D eigenvalue weighted by Crippen LogP contribution is -2.35. The maximum Gasteiger partial charge on any atom is 0.115 e. The second-order valence-corrected chi connectivity index (χ2v) is 5.48. The van der Waals surface area contributed by atoms with Crippen LogP contribution in [0.4, 0.5) is 0 Å². The summed E-state index contributed by atoms with van der Waals surface area (Å²) in [4.78, 5) is 11.1. The van der Waals surface area contributed by atoms with E-state index in [-0.39, 0.29) is 0 Å². The van der Waals surface area contributed by atoms with Gasteiger partial charge < -0.3 is 0 Å². The number of nitrogens with zero attached hydrogens (tertiary/aromatic N) is 3. The fourth-order valence-electron chi connectivity index (χ4n) is 3.20. The van der Waals surface area contributed by atoms with Gasteiger partial charge in [-0.3, -0.25) is 4.90 Å². The van der Waals surface area contributed by atoms with Crippen molar-refractivity contribution < 1.29 is 0 Å². The SMILES string of the molecule is c1ncc2c(n1)CN(CC1CCCCC1)CC2. The van der Waals surface area contributed by atoms with Crippen LogP contribution in [0.2, 0.25) is 0 Å². The van der Waals surface area contributed by atoms with Gasteiger partial charge >= 0.3 is 0 Å². The van der Waals surface area contributed by atoms with E-state index in [0.29, 0.717) is 0 Å². The van der Waals surface area contributed by atoms with Crippen LogP contribution in [0.15, 0.2) is 12.5 Å². The zero-order chi connectivity index (χ0) is 11.5. The quantitative estimate of drug-likeness (QED) is 0.782. The second-order valence-electron chi connectivity index (χ2n) is 5.48. The molecule has 1 saturated carbocycles. The monoisotopic (exact) mass is 231 g/mol. The van der Waals surface area contributed by atoms with Gasteiger partial charge in [0, 0.05) is 25.8 Å². The van der Waals surface area contributed by atoms with Gasteiger partial charge in [-0.1, -0.05) is 19.3 Å². The topological polar surface area (TPSA) is 29.0 Å². The first-order valence-corrected chi connectivity index (χ1v) is 6.92. The average molecular weight is 231 g/mol. The molecule has 1 aliphatic carbocycles. The van der Waals surface area contributed by atoms with Gasteiger partial charge in [0.25, 0.3) is 0 Å². The van der Waals surface area contributed by atoms with E-state index in [1.165, 1.54) is 56.5 Å². The molecule has 1 aromatic heterocycles. The molecule has 3 heteroatoms. The molecule has 2 aliphatic rings. The first-order valence-electron chi connectivity index (χ1n) is 6.92. The highest BCUT2D eigenvalue weighted by atomic mass is 15.1. The van der Waals surface area contributed by atoms with Crippen molar-refractivity contribution in [3.05, 3.63) is 23.8 Å². The molecular formula is C14H21N3. The molecule has 0 N–H and O–H groups in total. The molecule has 92 valence electrons. The fraction of sp³-hybridized carbons (Fsp3) is 0.714. The van der Waals surface area contributed by atoms with Crippen LogP contribution in [0.25, 0.3) is 0 Å². The van der Waals surface area contributed by atoms with E-state index in [2.05, 4.69) is 14.9 Å². The van der Waals surface area contributed by atoms with Crippen LogP contribution in [-0.2, 0) is 13.0 Å². The number of hydrogen-bond donors (Lipinski definition) is 0. The Morgan fingerprint density at radius 2 is 2.12 bits per heavy atom. The third kappa shape index (κ3) is 2.65. The summed E-state index contributed by atoms with van der Waals surface area (Å²) in [5, 5.41) is 0. The van der Waals surface area contributed by atoms with E-state index in [0.717, 1.165) is 18.9 Å².